The second kappa shape index (κ2) is 5.12. The molecule has 0 radical (unpaired) electrons. The molecule has 1 atom stereocenters. The Morgan fingerprint density at radius 1 is 1.55 bits per heavy atom. The van der Waals surface area contributed by atoms with Crippen LogP contribution in [0.25, 0.3) is 0 Å². The molecule has 0 saturated heterocycles. The minimum Gasteiger partial charge on any atom is -0.356 e. The molecule has 1 unspecified atom stereocenters. The molecule has 1 aliphatic carbocycles. The highest BCUT2D eigenvalue weighted by Crippen LogP contribution is 2.42. The van der Waals surface area contributed by atoms with E-state index in [1.807, 2.05) is 10.7 Å². The third kappa shape index (κ3) is 2.67. The Bertz CT molecular complexity index is 494. The molecule has 1 amide bonds. The van der Waals surface area contributed by atoms with Crippen molar-refractivity contribution in [3.63, 3.8) is 0 Å². The average molecular weight is 284 g/mol. The summed E-state index contributed by atoms with van der Waals surface area (Å²) >= 11 is 0. The molecule has 0 spiro atoms. The maximum atomic E-state index is 12.7. The second-order valence-electron chi connectivity index (χ2n) is 5.59. The van der Waals surface area contributed by atoms with Crippen LogP contribution in [0.5, 0.6) is 0 Å². The van der Waals surface area contributed by atoms with Gasteiger partial charge in [-0.1, -0.05) is 0 Å². The first kappa shape index (κ1) is 13.5. The van der Waals surface area contributed by atoms with Gasteiger partial charge < -0.3 is 10.6 Å². The predicted molar refractivity (Wildman–Crippen MR) is 68.3 cm³/mol. The molecule has 20 heavy (non-hydrogen) atoms. The lowest BCUT2D eigenvalue weighted by Crippen LogP contribution is -2.45. The summed E-state index contributed by atoms with van der Waals surface area (Å²) in [6, 6.07) is 2.17. The van der Waals surface area contributed by atoms with E-state index in [2.05, 4.69) is 15.7 Å². The first-order chi connectivity index (χ1) is 9.55. The van der Waals surface area contributed by atoms with E-state index in [9.17, 15) is 13.6 Å². The van der Waals surface area contributed by atoms with Crippen molar-refractivity contribution in [3.8, 4) is 0 Å². The SMILES string of the molecule is O=C(NCCC1CNCc2ccnn21)C1CC(F)(F)C1. The Balaban J connectivity index is 1.44. The third-order valence-corrected chi connectivity index (χ3v) is 4.02. The number of amides is 1. The van der Waals surface area contributed by atoms with Crippen LogP contribution in [0.4, 0.5) is 8.78 Å². The van der Waals surface area contributed by atoms with Crippen LogP contribution in [0.3, 0.4) is 0 Å². The van der Waals surface area contributed by atoms with Crippen molar-refractivity contribution in [2.75, 3.05) is 13.1 Å². The minimum absolute atomic E-state index is 0.205. The summed E-state index contributed by atoms with van der Waals surface area (Å²) in [6.07, 6.45) is 1.89. The number of halogens is 2. The first-order valence-corrected chi connectivity index (χ1v) is 6.94. The van der Waals surface area contributed by atoms with Crippen molar-refractivity contribution >= 4 is 5.91 Å². The number of nitrogens with zero attached hydrogens (tertiary/aromatic N) is 2. The van der Waals surface area contributed by atoms with Gasteiger partial charge in [0, 0.05) is 44.6 Å². The zero-order chi connectivity index (χ0) is 14.2. The van der Waals surface area contributed by atoms with Gasteiger partial charge in [-0.05, 0) is 12.5 Å². The normalized spacial score (nSPS) is 24.8. The maximum absolute atomic E-state index is 12.7. The molecule has 110 valence electrons. The van der Waals surface area contributed by atoms with Crippen LogP contribution in [-0.4, -0.2) is 34.7 Å². The number of nitrogens with one attached hydrogen (secondary N) is 2. The van der Waals surface area contributed by atoms with E-state index in [1.165, 1.54) is 0 Å². The summed E-state index contributed by atoms with van der Waals surface area (Å²) in [5, 5.41) is 10.3. The van der Waals surface area contributed by atoms with Crippen LogP contribution in [0, 0.1) is 5.92 Å². The zero-order valence-electron chi connectivity index (χ0n) is 11.1. The summed E-state index contributed by atoms with van der Waals surface area (Å²) in [5.41, 5.74) is 1.13. The molecule has 1 fully saturated rings. The van der Waals surface area contributed by atoms with Gasteiger partial charge in [0.2, 0.25) is 11.8 Å². The van der Waals surface area contributed by atoms with Gasteiger partial charge in [-0.3, -0.25) is 9.48 Å². The van der Waals surface area contributed by atoms with Gasteiger partial charge in [-0.2, -0.15) is 5.10 Å². The fourth-order valence-electron chi connectivity index (χ4n) is 2.84. The van der Waals surface area contributed by atoms with Crippen molar-refractivity contribution < 1.29 is 13.6 Å². The lowest BCUT2D eigenvalue weighted by Gasteiger charge is -2.33. The van der Waals surface area contributed by atoms with Crippen molar-refractivity contribution in [1.82, 2.24) is 20.4 Å². The Hall–Kier alpha value is -1.50. The maximum Gasteiger partial charge on any atom is 0.249 e. The van der Waals surface area contributed by atoms with Gasteiger partial charge in [-0.25, -0.2) is 8.78 Å². The van der Waals surface area contributed by atoms with E-state index >= 15 is 0 Å². The molecule has 7 heteroatoms. The largest absolute Gasteiger partial charge is 0.356 e. The molecule has 0 aromatic carbocycles. The summed E-state index contributed by atoms with van der Waals surface area (Å²) in [4.78, 5) is 11.7. The van der Waals surface area contributed by atoms with Gasteiger partial charge in [0.15, 0.2) is 0 Å². The first-order valence-electron chi connectivity index (χ1n) is 6.94. The smallest absolute Gasteiger partial charge is 0.249 e. The fourth-order valence-corrected chi connectivity index (χ4v) is 2.84. The van der Waals surface area contributed by atoms with Crippen molar-refractivity contribution in [2.45, 2.75) is 37.8 Å². The van der Waals surface area contributed by atoms with Crippen molar-refractivity contribution in [3.05, 3.63) is 18.0 Å². The number of fused-ring (bicyclic) bond motifs is 1. The Morgan fingerprint density at radius 2 is 2.35 bits per heavy atom. The Kier molecular flexibility index (Phi) is 3.45. The summed E-state index contributed by atoms with van der Waals surface area (Å²) in [7, 11) is 0. The standard InChI is InChI=1S/C13H18F2N4O/c14-13(15)5-9(6-13)12(20)17-3-1-10-7-16-8-11-2-4-18-19(10)11/h2,4,9-10,16H,1,3,5-8H2,(H,17,20). The van der Waals surface area contributed by atoms with Crippen LogP contribution < -0.4 is 10.6 Å². The monoisotopic (exact) mass is 284 g/mol. The number of carbonyl (C=O) groups is 1. The lowest BCUT2D eigenvalue weighted by molar-refractivity contribution is -0.150. The van der Waals surface area contributed by atoms with Crippen LogP contribution in [0.1, 0.15) is 31.0 Å². The highest BCUT2D eigenvalue weighted by Gasteiger charge is 2.48. The van der Waals surface area contributed by atoms with Gasteiger partial charge in [-0.15, -0.1) is 0 Å². The molecule has 2 aliphatic rings. The number of carbonyl (C=O) groups excluding carboxylic acids is 1. The molecule has 2 heterocycles. The van der Waals surface area contributed by atoms with Crippen molar-refractivity contribution in [1.29, 1.82) is 0 Å². The number of hydrogen-bond acceptors (Lipinski definition) is 3. The predicted octanol–water partition coefficient (Wildman–Crippen LogP) is 1.08. The minimum atomic E-state index is -2.64. The number of hydrogen-bond donors (Lipinski definition) is 2. The molecule has 1 aromatic rings. The van der Waals surface area contributed by atoms with Crippen molar-refractivity contribution in [2.24, 2.45) is 5.92 Å². The van der Waals surface area contributed by atoms with E-state index in [1.54, 1.807) is 6.20 Å². The van der Waals surface area contributed by atoms with Crippen LogP contribution in [-0.2, 0) is 11.3 Å². The molecule has 3 rings (SSSR count). The fraction of sp³-hybridized carbons (Fsp3) is 0.692. The highest BCUT2D eigenvalue weighted by molar-refractivity contribution is 5.79. The molecule has 1 saturated carbocycles. The number of rotatable bonds is 4. The molecule has 5 nitrogen and oxygen atoms in total. The Labute approximate surface area is 115 Å². The molecule has 1 aromatic heterocycles. The zero-order valence-corrected chi connectivity index (χ0v) is 11.1. The molecule has 2 N–H and O–H groups in total. The lowest BCUT2D eigenvalue weighted by atomic mass is 9.81. The van der Waals surface area contributed by atoms with Gasteiger partial charge in [0.1, 0.15) is 0 Å². The summed E-state index contributed by atoms with van der Waals surface area (Å²) < 4.78 is 27.4. The summed E-state index contributed by atoms with van der Waals surface area (Å²) in [6.45, 7) is 2.11. The average Bonchev–Trinajstić information content (AvgIpc) is 2.84. The molecule has 0 bridgehead atoms. The van der Waals surface area contributed by atoms with Crippen LogP contribution in [0.15, 0.2) is 12.3 Å². The Morgan fingerprint density at radius 3 is 3.10 bits per heavy atom. The van der Waals surface area contributed by atoms with E-state index in [4.69, 9.17) is 0 Å². The van der Waals surface area contributed by atoms with E-state index < -0.39 is 11.8 Å². The van der Waals surface area contributed by atoms with Crippen LogP contribution in [0.2, 0.25) is 0 Å². The second-order valence-corrected chi connectivity index (χ2v) is 5.59. The van der Waals surface area contributed by atoms with Crippen LogP contribution >= 0.6 is 0 Å². The number of alkyl halides is 2. The van der Waals surface area contributed by atoms with E-state index in [0.717, 1.165) is 25.2 Å². The van der Waals surface area contributed by atoms with Gasteiger partial charge >= 0.3 is 0 Å². The quantitative estimate of drug-likeness (QED) is 0.870. The van der Waals surface area contributed by atoms with Gasteiger partial charge in [0.05, 0.1) is 11.7 Å². The highest BCUT2D eigenvalue weighted by atomic mass is 19.3. The number of aromatic nitrogens is 2. The molecular weight excluding hydrogens is 266 g/mol. The summed E-state index contributed by atoms with van der Waals surface area (Å²) in [5.74, 6) is -3.41. The third-order valence-electron chi connectivity index (χ3n) is 4.02. The van der Waals surface area contributed by atoms with Gasteiger partial charge in [0.25, 0.3) is 0 Å². The molecular formula is C13H18F2N4O. The topological polar surface area (TPSA) is 59.0 Å². The van der Waals surface area contributed by atoms with E-state index in [-0.39, 0.29) is 24.8 Å². The van der Waals surface area contributed by atoms with E-state index in [0.29, 0.717) is 6.54 Å². The molecule has 1 aliphatic heterocycles.